The van der Waals surface area contributed by atoms with Gasteiger partial charge in [0.15, 0.2) is 0 Å². The number of aryl methyl sites for hydroxylation is 1. The number of aromatic nitrogens is 1. The largest absolute Gasteiger partial charge is 0.318 e. The molecule has 1 aliphatic heterocycles. The van der Waals surface area contributed by atoms with Crippen LogP contribution in [0.4, 0.5) is 0 Å². The SMILES string of the molecule is CNCC1CCCN1Cc1nc(C)cs1.Cl. The van der Waals surface area contributed by atoms with Crippen LogP contribution in [0.25, 0.3) is 0 Å². The summed E-state index contributed by atoms with van der Waals surface area (Å²) in [7, 11) is 2.03. The van der Waals surface area contributed by atoms with Gasteiger partial charge in [0.25, 0.3) is 0 Å². The zero-order valence-electron chi connectivity index (χ0n) is 9.90. The van der Waals surface area contributed by atoms with Crippen molar-refractivity contribution in [1.82, 2.24) is 15.2 Å². The Hall–Kier alpha value is -0.160. The summed E-state index contributed by atoms with van der Waals surface area (Å²) in [5, 5.41) is 6.67. The first-order valence-corrected chi connectivity index (χ1v) is 6.47. The maximum absolute atomic E-state index is 4.53. The summed E-state index contributed by atoms with van der Waals surface area (Å²) >= 11 is 1.78. The van der Waals surface area contributed by atoms with Crippen LogP contribution >= 0.6 is 23.7 Å². The number of likely N-dealkylation sites (tertiary alicyclic amines) is 1. The van der Waals surface area contributed by atoms with Gasteiger partial charge in [-0.2, -0.15) is 0 Å². The van der Waals surface area contributed by atoms with E-state index in [1.54, 1.807) is 11.3 Å². The van der Waals surface area contributed by atoms with E-state index in [2.05, 4.69) is 27.5 Å². The van der Waals surface area contributed by atoms with Gasteiger partial charge in [-0.15, -0.1) is 23.7 Å². The first-order chi connectivity index (χ1) is 7.29. The molecule has 0 radical (unpaired) electrons. The lowest BCUT2D eigenvalue weighted by Crippen LogP contribution is -2.36. The minimum Gasteiger partial charge on any atom is -0.318 e. The molecule has 1 N–H and O–H groups in total. The highest BCUT2D eigenvalue weighted by Crippen LogP contribution is 2.20. The number of halogens is 1. The average Bonchev–Trinajstić information content (AvgIpc) is 2.78. The lowest BCUT2D eigenvalue weighted by atomic mass is 10.2. The number of nitrogens with one attached hydrogen (secondary N) is 1. The molecule has 5 heteroatoms. The molecule has 16 heavy (non-hydrogen) atoms. The molecule has 1 atom stereocenters. The van der Waals surface area contributed by atoms with Crippen molar-refractivity contribution in [1.29, 1.82) is 0 Å². The van der Waals surface area contributed by atoms with Crippen LogP contribution in [0.15, 0.2) is 5.38 Å². The number of hydrogen-bond donors (Lipinski definition) is 1. The fourth-order valence-electron chi connectivity index (χ4n) is 2.22. The summed E-state index contributed by atoms with van der Waals surface area (Å²) in [5.74, 6) is 0. The van der Waals surface area contributed by atoms with E-state index in [-0.39, 0.29) is 12.4 Å². The van der Waals surface area contributed by atoms with Gasteiger partial charge in [-0.1, -0.05) is 0 Å². The van der Waals surface area contributed by atoms with Crippen LogP contribution < -0.4 is 5.32 Å². The Labute approximate surface area is 108 Å². The highest BCUT2D eigenvalue weighted by molar-refractivity contribution is 7.09. The van der Waals surface area contributed by atoms with Crippen molar-refractivity contribution in [2.24, 2.45) is 0 Å². The van der Waals surface area contributed by atoms with Gasteiger partial charge in [-0.3, -0.25) is 4.90 Å². The van der Waals surface area contributed by atoms with E-state index in [1.807, 2.05) is 7.05 Å². The average molecular weight is 262 g/mol. The van der Waals surface area contributed by atoms with Crippen LogP contribution in [-0.2, 0) is 6.54 Å². The molecule has 0 spiro atoms. The van der Waals surface area contributed by atoms with Crippen molar-refractivity contribution in [2.45, 2.75) is 32.4 Å². The van der Waals surface area contributed by atoms with Gasteiger partial charge in [-0.05, 0) is 33.4 Å². The van der Waals surface area contributed by atoms with E-state index in [0.717, 1.165) is 18.8 Å². The Morgan fingerprint density at radius 3 is 3.06 bits per heavy atom. The predicted octanol–water partition coefficient (Wildman–Crippen LogP) is 2.06. The third-order valence-electron chi connectivity index (χ3n) is 2.94. The van der Waals surface area contributed by atoms with Crippen molar-refractivity contribution < 1.29 is 0 Å². The van der Waals surface area contributed by atoms with Crippen LogP contribution in [-0.4, -0.2) is 36.1 Å². The third-order valence-corrected chi connectivity index (χ3v) is 3.90. The van der Waals surface area contributed by atoms with Gasteiger partial charge in [0, 0.05) is 23.7 Å². The molecule has 1 aromatic heterocycles. The molecule has 0 aromatic carbocycles. The molecular formula is C11H20ClN3S. The molecule has 1 aliphatic rings. The number of rotatable bonds is 4. The van der Waals surface area contributed by atoms with Crippen molar-refractivity contribution >= 4 is 23.7 Å². The molecule has 92 valence electrons. The van der Waals surface area contributed by atoms with Crippen LogP contribution in [0.1, 0.15) is 23.5 Å². The highest BCUT2D eigenvalue weighted by atomic mass is 35.5. The Balaban J connectivity index is 0.00000128. The molecule has 1 aromatic rings. The Morgan fingerprint density at radius 1 is 1.62 bits per heavy atom. The molecule has 2 rings (SSSR count). The van der Waals surface area contributed by atoms with Crippen molar-refractivity contribution in [3.63, 3.8) is 0 Å². The zero-order valence-corrected chi connectivity index (χ0v) is 11.5. The minimum atomic E-state index is 0. The minimum absolute atomic E-state index is 0. The van der Waals surface area contributed by atoms with Gasteiger partial charge in [0.1, 0.15) is 5.01 Å². The standard InChI is InChI=1S/C11H19N3S.ClH/c1-9-8-15-11(13-9)7-14-5-3-4-10(14)6-12-2;/h8,10,12H,3-7H2,1-2H3;1H. The van der Waals surface area contributed by atoms with E-state index in [4.69, 9.17) is 0 Å². The molecule has 0 bridgehead atoms. The van der Waals surface area contributed by atoms with E-state index >= 15 is 0 Å². The lowest BCUT2D eigenvalue weighted by molar-refractivity contribution is 0.242. The molecule has 0 aliphatic carbocycles. The Kier molecular flexibility index (Phi) is 5.69. The summed E-state index contributed by atoms with van der Waals surface area (Å²) in [6, 6.07) is 0.708. The molecule has 2 heterocycles. The molecule has 3 nitrogen and oxygen atoms in total. The smallest absolute Gasteiger partial charge is 0.107 e. The molecular weight excluding hydrogens is 242 g/mol. The lowest BCUT2D eigenvalue weighted by Gasteiger charge is -2.22. The normalized spacial score (nSPS) is 21.0. The number of thiazole rings is 1. The van der Waals surface area contributed by atoms with Gasteiger partial charge in [0.2, 0.25) is 0 Å². The summed E-state index contributed by atoms with van der Waals surface area (Å²) in [5.41, 5.74) is 1.15. The van der Waals surface area contributed by atoms with Crippen molar-refractivity contribution in [2.75, 3.05) is 20.1 Å². The predicted molar refractivity (Wildman–Crippen MR) is 71.5 cm³/mol. The van der Waals surface area contributed by atoms with Crippen LogP contribution in [0.2, 0.25) is 0 Å². The third kappa shape index (κ3) is 3.42. The first kappa shape index (κ1) is 13.9. The fourth-order valence-corrected chi connectivity index (χ4v) is 3.02. The highest BCUT2D eigenvalue weighted by Gasteiger charge is 2.24. The van der Waals surface area contributed by atoms with Crippen molar-refractivity contribution in [3.05, 3.63) is 16.1 Å². The summed E-state index contributed by atoms with van der Waals surface area (Å²) in [4.78, 5) is 7.08. The van der Waals surface area contributed by atoms with Gasteiger partial charge in [0.05, 0.1) is 6.54 Å². The van der Waals surface area contributed by atoms with Gasteiger partial charge in [-0.25, -0.2) is 4.98 Å². The summed E-state index contributed by atoms with van der Waals surface area (Å²) in [6.45, 7) is 5.43. The fraction of sp³-hybridized carbons (Fsp3) is 0.727. The topological polar surface area (TPSA) is 28.2 Å². The van der Waals surface area contributed by atoms with Crippen LogP contribution in [0, 0.1) is 6.92 Å². The Bertz CT molecular complexity index is 316. The second-order valence-corrected chi connectivity index (χ2v) is 5.15. The maximum atomic E-state index is 4.53. The number of likely N-dealkylation sites (N-methyl/N-ethyl adjacent to an activating group) is 1. The molecule has 1 fully saturated rings. The van der Waals surface area contributed by atoms with E-state index < -0.39 is 0 Å². The zero-order chi connectivity index (χ0) is 10.7. The van der Waals surface area contributed by atoms with Crippen LogP contribution in [0.5, 0.6) is 0 Å². The quantitative estimate of drug-likeness (QED) is 0.899. The van der Waals surface area contributed by atoms with E-state index in [1.165, 1.54) is 24.4 Å². The first-order valence-electron chi connectivity index (χ1n) is 5.59. The van der Waals surface area contributed by atoms with Gasteiger partial charge >= 0.3 is 0 Å². The maximum Gasteiger partial charge on any atom is 0.107 e. The summed E-state index contributed by atoms with van der Waals surface area (Å²) < 4.78 is 0. The van der Waals surface area contributed by atoms with E-state index in [9.17, 15) is 0 Å². The van der Waals surface area contributed by atoms with Crippen LogP contribution in [0.3, 0.4) is 0 Å². The second-order valence-electron chi connectivity index (χ2n) is 4.21. The Morgan fingerprint density at radius 2 is 2.44 bits per heavy atom. The van der Waals surface area contributed by atoms with Gasteiger partial charge < -0.3 is 5.32 Å². The molecule has 1 unspecified atom stereocenters. The van der Waals surface area contributed by atoms with E-state index in [0.29, 0.717) is 6.04 Å². The monoisotopic (exact) mass is 261 g/mol. The number of hydrogen-bond acceptors (Lipinski definition) is 4. The summed E-state index contributed by atoms with van der Waals surface area (Å²) in [6.07, 6.45) is 2.65. The number of nitrogens with zero attached hydrogens (tertiary/aromatic N) is 2. The molecule has 0 saturated carbocycles. The molecule has 1 saturated heterocycles. The van der Waals surface area contributed by atoms with Crippen molar-refractivity contribution in [3.8, 4) is 0 Å². The molecule has 0 amide bonds. The second kappa shape index (κ2) is 6.55.